The average molecular weight is 480 g/mol. The van der Waals surface area contributed by atoms with Crippen molar-refractivity contribution in [1.82, 2.24) is 24.9 Å². The lowest BCUT2D eigenvalue weighted by atomic mass is 10.1. The number of rotatable bonds is 11. The van der Waals surface area contributed by atoms with E-state index in [9.17, 15) is 18.0 Å². The lowest BCUT2D eigenvalue weighted by Gasteiger charge is -2.11. The highest BCUT2D eigenvalue weighted by Gasteiger charge is 2.36. The first kappa shape index (κ1) is 25.6. The van der Waals surface area contributed by atoms with Gasteiger partial charge in [0.15, 0.2) is 0 Å². The Morgan fingerprint density at radius 1 is 1.12 bits per heavy atom. The van der Waals surface area contributed by atoms with E-state index in [-0.39, 0.29) is 18.1 Å². The number of carbonyl (C=O) groups excluding carboxylic acids is 1. The summed E-state index contributed by atoms with van der Waals surface area (Å²) in [4.78, 5) is 20.0. The molecule has 0 saturated carbocycles. The molecule has 8 nitrogen and oxygen atoms in total. The van der Waals surface area contributed by atoms with Gasteiger partial charge >= 0.3 is 6.18 Å². The van der Waals surface area contributed by atoms with Crippen molar-refractivity contribution in [2.75, 3.05) is 19.8 Å². The van der Waals surface area contributed by atoms with Crippen molar-refractivity contribution >= 4 is 11.7 Å². The first-order valence-corrected chi connectivity index (χ1v) is 11.0. The standard InChI is InChI=1S/C23H28F3N5O3/c1-4-33-10-11-34-14-18-7-5-6-17(12-18)13-27-20(32)9-8-19-15(2)28-22-29-21(23(24,25)26)30-31(22)16(19)3/h5-7,12H,4,8-11,13-14H2,1-3H3,(H,27,32). The Morgan fingerprint density at radius 2 is 1.85 bits per heavy atom. The Morgan fingerprint density at radius 3 is 2.59 bits per heavy atom. The topological polar surface area (TPSA) is 90.6 Å². The molecule has 1 N–H and O–H groups in total. The Labute approximate surface area is 195 Å². The van der Waals surface area contributed by atoms with Crippen LogP contribution in [-0.2, 0) is 40.0 Å². The van der Waals surface area contributed by atoms with Crippen LogP contribution in [0, 0.1) is 13.8 Å². The van der Waals surface area contributed by atoms with Crippen LogP contribution in [0.2, 0.25) is 0 Å². The number of nitrogens with one attached hydrogen (secondary N) is 1. The van der Waals surface area contributed by atoms with Gasteiger partial charge < -0.3 is 14.8 Å². The summed E-state index contributed by atoms with van der Waals surface area (Å²) in [6.45, 7) is 7.80. The molecule has 0 bridgehead atoms. The number of hydrogen-bond acceptors (Lipinski definition) is 6. The van der Waals surface area contributed by atoms with Crippen LogP contribution in [0.1, 0.15) is 47.2 Å². The van der Waals surface area contributed by atoms with Crippen LogP contribution in [-0.4, -0.2) is 45.3 Å². The fourth-order valence-corrected chi connectivity index (χ4v) is 3.50. The lowest BCUT2D eigenvalue weighted by molar-refractivity contribution is -0.144. The van der Waals surface area contributed by atoms with E-state index in [0.29, 0.717) is 56.3 Å². The second kappa shape index (κ2) is 11.4. The van der Waals surface area contributed by atoms with Crippen LogP contribution in [0.15, 0.2) is 24.3 Å². The van der Waals surface area contributed by atoms with E-state index in [1.165, 1.54) is 0 Å². The second-order valence-electron chi connectivity index (χ2n) is 7.75. The number of nitrogens with zero attached hydrogens (tertiary/aromatic N) is 4. The molecule has 0 unspecified atom stereocenters. The maximum Gasteiger partial charge on any atom is 0.453 e. The third kappa shape index (κ3) is 6.73. The van der Waals surface area contributed by atoms with E-state index in [1.54, 1.807) is 13.8 Å². The molecule has 2 aromatic heterocycles. The van der Waals surface area contributed by atoms with Gasteiger partial charge in [-0.25, -0.2) is 9.50 Å². The van der Waals surface area contributed by atoms with E-state index in [1.807, 2.05) is 31.2 Å². The number of alkyl halides is 3. The summed E-state index contributed by atoms with van der Waals surface area (Å²) in [5.41, 5.74) is 3.62. The monoisotopic (exact) mass is 479 g/mol. The maximum absolute atomic E-state index is 12.9. The van der Waals surface area contributed by atoms with Crippen LogP contribution < -0.4 is 5.32 Å². The van der Waals surface area contributed by atoms with Crippen LogP contribution in [0.25, 0.3) is 5.78 Å². The van der Waals surface area contributed by atoms with Gasteiger partial charge in [-0.15, -0.1) is 5.10 Å². The summed E-state index contributed by atoms with van der Waals surface area (Å²) in [6, 6.07) is 7.74. The number of fused-ring (bicyclic) bond motifs is 1. The zero-order chi connectivity index (χ0) is 24.7. The van der Waals surface area contributed by atoms with Crippen molar-refractivity contribution in [1.29, 1.82) is 0 Å². The molecule has 11 heteroatoms. The predicted molar refractivity (Wildman–Crippen MR) is 118 cm³/mol. The predicted octanol–water partition coefficient (Wildman–Crippen LogP) is 3.56. The molecule has 0 radical (unpaired) electrons. The van der Waals surface area contributed by atoms with Crippen molar-refractivity contribution in [2.45, 2.75) is 52.9 Å². The van der Waals surface area contributed by atoms with E-state index < -0.39 is 12.0 Å². The highest BCUT2D eigenvalue weighted by atomic mass is 19.4. The number of aryl methyl sites for hydroxylation is 2. The largest absolute Gasteiger partial charge is 0.453 e. The van der Waals surface area contributed by atoms with Crippen molar-refractivity contribution < 1.29 is 27.4 Å². The normalized spacial score (nSPS) is 11.8. The zero-order valence-electron chi connectivity index (χ0n) is 19.4. The van der Waals surface area contributed by atoms with Crippen molar-refractivity contribution in [2.24, 2.45) is 0 Å². The average Bonchev–Trinajstić information content (AvgIpc) is 3.22. The first-order valence-electron chi connectivity index (χ1n) is 11.0. The van der Waals surface area contributed by atoms with Crippen LogP contribution >= 0.6 is 0 Å². The van der Waals surface area contributed by atoms with Crippen molar-refractivity contribution in [3.63, 3.8) is 0 Å². The van der Waals surface area contributed by atoms with Crippen molar-refractivity contribution in [3.05, 3.63) is 58.2 Å². The number of benzene rings is 1. The maximum atomic E-state index is 12.9. The molecule has 0 aliphatic heterocycles. The minimum absolute atomic E-state index is 0.114. The third-order valence-electron chi connectivity index (χ3n) is 5.23. The van der Waals surface area contributed by atoms with E-state index in [2.05, 4.69) is 20.4 Å². The highest BCUT2D eigenvalue weighted by Crippen LogP contribution is 2.27. The molecule has 0 spiro atoms. The quantitative estimate of drug-likeness (QED) is 0.423. The molecule has 0 atom stereocenters. The molecule has 3 rings (SSSR count). The van der Waals surface area contributed by atoms with E-state index in [0.717, 1.165) is 15.6 Å². The van der Waals surface area contributed by atoms with E-state index >= 15 is 0 Å². The Balaban J connectivity index is 1.55. The van der Waals surface area contributed by atoms with Crippen LogP contribution in [0.3, 0.4) is 0 Å². The van der Waals surface area contributed by atoms with Gasteiger partial charge in [0.25, 0.3) is 11.6 Å². The van der Waals surface area contributed by atoms with Gasteiger partial charge in [0.2, 0.25) is 5.91 Å². The van der Waals surface area contributed by atoms with Gasteiger partial charge in [0.1, 0.15) is 0 Å². The summed E-state index contributed by atoms with van der Waals surface area (Å²) >= 11 is 0. The molecule has 1 amide bonds. The number of amides is 1. The van der Waals surface area contributed by atoms with Gasteiger partial charge in [-0.1, -0.05) is 24.3 Å². The van der Waals surface area contributed by atoms with Gasteiger partial charge in [0.05, 0.1) is 19.8 Å². The second-order valence-corrected chi connectivity index (χ2v) is 7.75. The summed E-state index contributed by atoms with van der Waals surface area (Å²) in [5, 5.41) is 6.41. The number of carbonyl (C=O) groups is 1. The van der Waals surface area contributed by atoms with Gasteiger partial charge in [-0.3, -0.25) is 4.79 Å². The molecule has 0 aliphatic rings. The smallest absolute Gasteiger partial charge is 0.379 e. The zero-order valence-corrected chi connectivity index (χ0v) is 19.4. The Bertz CT molecular complexity index is 1130. The summed E-state index contributed by atoms with van der Waals surface area (Å²) in [5.74, 6) is -1.52. The molecule has 34 heavy (non-hydrogen) atoms. The van der Waals surface area contributed by atoms with Gasteiger partial charge in [-0.2, -0.15) is 18.2 Å². The first-order chi connectivity index (χ1) is 16.2. The fraction of sp³-hybridized carbons (Fsp3) is 0.478. The third-order valence-corrected chi connectivity index (χ3v) is 5.23. The molecule has 0 aliphatic carbocycles. The summed E-state index contributed by atoms with van der Waals surface area (Å²) < 4.78 is 50.7. The molecule has 0 saturated heterocycles. The molecule has 1 aromatic carbocycles. The fourth-order valence-electron chi connectivity index (χ4n) is 3.50. The Kier molecular flexibility index (Phi) is 8.56. The number of halogens is 3. The summed E-state index contributed by atoms with van der Waals surface area (Å²) in [6.07, 6.45) is -4.17. The molecule has 0 fully saturated rings. The number of hydrogen-bond donors (Lipinski definition) is 1. The number of ether oxygens (including phenoxy) is 2. The molecular weight excluding hydrogens is 451 g/mol. The highest BCUT2D eigenvalue weighted by molar-refractivity contribution is 5.76. The minimum Gasteiger partial charge on any atom is -0.379 e. The lowest BCUT2D eigenvalue weighted by Crippen LogP contribution is -2.23. The molecule has 184 valence electrons. The minimum atomic E-state index is -4.65. The van der Waals surface area contributed by atoms with Gasteiger partial charge in [0, 0.05) is 31.0 Å². The van der Waals surface area contributed by atoms with Crippen LogP contribution in [0.4, 0.5) is 13.2 Å². The molecular formula is C23H28F3N5O3. The van der Waals surface area contributed by atoms with Gasteiger partial charge in [-0.05, 0) is 43.9 Å². The Hall–Kier alpha value is -3.05. The van der Waals surface area contributed by atoms with Crippen molar-refractivity contribution in [3.8, 4) is 0 Å². The SMILES string of the molecule is CCOCCOCc1cccc(CNC(=O)CCc2c(C)nc3nc(C(F)(F)F)nn3c2C)c1. The molecule has 2 heterocycles. The number of aromatic nitrogens is 4. The van der Waals surface area contributed by atoms with E-state index in [4.69, 9.17) is 9.47 Å². The summed E-state index contributed by atoms with van der Waals surface area (Å²) in [7, 11) is 0. The molecule has 3 aromatic rings. The van der Waals surface area contributed by atoms with Crippen LogP contribution in [0.5, 0.6) is 0 Å².